The molecule has 0 saturated carbocycles. The minimum absolute atomic E-state index is 0.0372. The molecule has 0 unspecified atom stereocenters. The highest BCUT2D eigenvalue weighted by Crippen LogP contribution is 2.23. The molecule has 1 aromatic carbocycles. The van der Waals surface area contributed by atoms with Gasteiger partial charge in [0, 0.05) is 18.1 Å². The monoisotopic (exact) mass is 328 g/mol. The maximum Gasteiger partial charge on any atom is 0.255 e. The van der Waals surface area contributed by atoms with Crippen molar-refractivity contribution in [3.63, 3.8) is 0 Å². The van der Waals surface area contributed by atoms with E-state index in [-0.39, 0.29) is 18.4 Å². The normalized spacial score (nSPS) is 9.89. The number of benzene rings is 1. The largest absolute Gasteiger partial charge is 0.497 e. The van der Waals surface area contributed by atoms with E-state index in [1.165, 1.54) is 4.90 Å². The zero-order chi connectivity index (χ0) is 14.4. The number of amides is 2. The maximum absolute atomic E-state index is 12.4. The molecule has 0 aliphatic heterocycles. The molecule has 0 saturated heterocycles. The van der Waals surface area contributed by atoms with E-state index in [9.17, 15) is 9.59 Å². The Kier molecular flexibility index (Phi) is 5.82. The summed E-state index contributed by atoms with van der Waals surface area (Å²) in [4.78, 5) is 25.2. The second kappa shape index (κ2) is 7.13. The number of rotatable bonds is 5. The molecule has 0 fully saturated rings. The number of likely N-dealkylation sites (N-methyl/N-ethyl adjacent to an activating group) is 2. The Morgan fingerprint density at radius 2 is 2.11 bits per heavy atom. The van der Waals surface area contributed by atoms with Crippen LogP contribution in [0.5, 0.6) is 5.75 Å². The molecule has 5 nitrogen and oxygen atoms in total. The van der Waals surface area contributed by atoms with Crippen LogP contribution in [0.3, 0.4) is 0 Å². The number of hydrogen-bond acceptors (Lipinski definition) is 3. The van der Waals surface area contributed by atoms with Crippen LogP contribution in [0.25, 0.3) is 0 Å². The SMILES string of the molecule is CCN(CC(=O)NC)C(=O)c1cc(OC)ccc1Br. The molecule has 0 aliphatic carbocycles. The minimum Gasteiger partial charge on any atom is -0.497 e. The summed E-state index contributed by atoms with van der Waals surface area (Å²) < 4.78 is 5.78. The number of nitrogens with zero attached hydrogens (tertiary/aromatic N) is 1. The second-order valence-electron chi connectivity index (χ2n) is 3.84. The number of halogens is 1. The number of carbonyl (C=O) groups excluding carboxylic acids is 2. The molecule has 0 heterocycles. The fraction of sp³-hybridized carbons (Fsp3) is 0.385. The van der Waals surface area contributed by atoms with Crippen molar-refractivity contribution < 1.29 is 14.3 Å². The Bertz CT molecular complexity index is 477. The predicted octanol–water partition coefficient (Wildman–Crippen LogP) is 1.67. The maximum atomic E-state index is 12.4. The summed E-state index contributed by atoms with van der Waals surface area (Å²) in [6.45, 7) is 2.32. The first-order valence-electron chi connectivity index (χ1n) is 5.86. The lowest BCUT2D eigenvalue weighted by Gasteiger charge is -2.20. The number of hydrogen-bond donors (Lipinski definition) is 1. The van der Waals surface area contributed by atoms with Crippen LogP contribution >= 0.6 is 15.9 Å². The summed E-state index contributed by atoms with van der Waals surface area (Å²) in [5.41, 5.74) is 0.477. The van der Waals surface area contributed by atoms with Gasteiger partial charge in [-0.15, -0.1) is 0 Å². The van der Waals surface area contributed by atoms with Crippen LogP contribution in [0.15, 0.2) is 22.7 Å². The van der Waals surface area contributed by atoms with Crippen molar-refractivity contribution in [2.45, 2.75) is 6.92 Å². The average molecular weight is 329 g/mol. The zero-order valence-corrected chi connectivity index (χ0v) is 12.8. The van der Waals surface area contributed by atoms with E-state index in [1.807, 2.05) is 6.92 Å². The van der Waals surface area contributed by atoms with Crippen molar-refractivity contribution in [3.05, 3.63) is 28.2 Å². The van der Waals surface area contributed by atoms with Crippen LogP contribution in [0.1, 0.15) is 17.3 Å². The molecule has 1 rings (SSSR count). The zero-order valence-electron chi connectivity index (χ0n) is 11.2. The predicted molar refractivity (Wildman–Crippen MR) is 76.3 cm³/mol. The van der Waals surface area contributed by atoms with Gasteiger partial charge in [0.25, 0.3) is 5.91 Å². The van der Waals surface area contributed by atoms with Gasteiger partial charge in [-0.3, -0.25) is 9.59 Å². The molecule has 0 radical (unpaired) electrons. The quantitative estimate of drug-likeness (QED) is 0.894. The first kappa shape index (κ1) is 15.5. The molecule has 19 heavy (non-hydrogen) atoms. The third-order valence-corrected chi connectivity index (χ3v) is 3.38. The molecule has 0 aromatic heterocycles. The Balaban J connectivity index is 2.99. The smallest absolute Gasteiger partial charge is 0.255 e. The van der Waals surface area contributed by atoms with Gasteiger partial charge in [-0.1, -0.05) is 0 Å². The number of ether oxygens (including phenoxy) is 1. The van der Waals surface area contributed by atoms with Gasteiger partial charge in [0.05, 0.1) is 19.2 Å². The Morgan fingerprint density at radius 1 is 1.42 bits per heavy atom. The second-order valence-corrected chi connectivity index (χ2v) is 4.69. The molecule has 6 heteroatoms. The molecular formula is C13H17BrN2O3. The Hall–Kier alpha value is -1.56. The lowest BCUT2D eigenvalue weighted by Crippen LogP contribution is -2.39. The number of carbonyl (C=O) groups is 2. The van der Waals surface area contributed by atoms with Crippen molar-refractivity contribution in [2.24, 2.45) is 0 Å². The van der Waals surface area contributed by atoms with E-state index in [0.717, 1.165) is 0 Å². The fourth-order valence-corrected chi connectivity index (χ4v) is 1.96. The summed E-state index contributed by atoms with van der Waals surface area (Å²) in [6.07, 6.45) is 0. The summed E-state index contributed by atoms with van der Waals surface area (Å²) >= 11 is 3.34. The molecule has 1 N–H and O–H groups in total. The first-order valence-corrected chi connectivity index (χ1v) is 6.66. The van der Waals surface area contributed by atoms with Gasteiger partial charge in [0.15, 0.2) is 0 Å². The van der Waals surface area contributed by atoms with Crippen molar-refractivity contribution >= 4 is 27.7 Å². The molecule has 2 amide bonds. The molecule has 0 bridgehead atoms. The highest BCUT2D eigenvalue weighted by Gasteiger charge is 2.19. The van der Waals surface area contributed by atoms with Crippen molar-refractivity contribution in [3.8, 4) is 5.75 Å². The fourth-order valence-electron chi connectivity index (χ4n) is 1.55. The number of nitrogens with one attached hydrogen (secondary N) is 1. The highest BCUT2D eigenvalue weighted by molar-refractivity contribution is 9.10. The third kappa shape index (κ3) is 3.96. The van der Waals surface area contributed by atoms with E-state index in [4.69, 9.17) is 4.74 Å². The van der Waals surface area contributed by atoms with E-state index in [0.29, 0.717) is 22.3 Å². The molecule has 0 spiro atoms. The van der Waals surface area contributed by atoms with Crippen molar-refractivity contribution in [1.82, 2.24) is 10.2 Å². The van der Waals surface area contributed by atoms with Crippen LogP contribution in [-0.2, 0) is 4.79 Å². The van der Waals surface area contributed by atoms with Gasteiger partial charge in [0.2, 0.25) is 5.91 Å². The molecular weight excluding hydrogens is 312 g/mol. The lowest BCUT2D eigenvalue weighted by molar-refractivity contribution is -0.121. The van der Waals surface area contributed by atoms with Gasteiger partial charge >= 0.3 is 0 Å². The molecule has 104 valence electrons. The topological polar surface area (TPSA) is 58.6 Å². The van der Waals surface area contributed by atoms with Crippen LogP contribution in [0.4, 0.5) is 0 Å². The van der Waals surface area contributed by atoms with Gasteiger partial charge in [-0.25, -0.2) is 0 Å². The van der Waals surface area contributed by atoms with Gasteiger partial charge in [0.1, 0.15) is 5.75 Å². The van der Waals surface area contributed by atoms with Gasteiger partial charge < -0.3 is 15.0 Å². The van der Waals surface area contributed by atoms with Gasteiger partial charge in [-0.2, -0.15) is 0 Å². The summed E-state index contributed by atoms with van der Waals surface area (Å²) in [5, 5.41) is 2.50. The molecule has 1 aromatic rings. The van der Waals surface area contributed by atoms with Crippen LogP contribution in [0, 0.1) is 0 Å². The standard InChI is InChI=1S/C13H17BrN2O3/c1-4-16(8-12(17)15-2)13(18)10-7-9(19-3)5-6-11(10)14/h5-7H,4,8H2,1-3H3,(H,15,17). The van der Waals surface area contributed by atoms with Crippen LogP contribution < -0.4 is 10.1 Å². The van der Waals surface area contributed by atoms with Gasteiger partial charge in [-0.05, 0) is 41.1 Å². The first-order chi connectivity index (χ1) is 9.03. The summed E-state index contributed by atoms with van der Waals surface area (Å²) in [7, 11) is 3.09. The average Bonchev–Trinajstić information content (AvgIpc) is 2.44. The third-order valence-electron chi connectivity index (χ3n) is 2.69. The molecule has 0 aliphatic rings. The van der Waals surface area contributed by atoms with Crippen molar-refractivity contribution in [1.29, 1.82) is 0 Å². The van der Waals surface area contributed by atoms with Crippen molar-refractivity contribution in [2.75, 3.05) is 27.2 Å². The lowest BCUT2D eigenvalue weighted by atomic mass is 10.2. The minimum atomic E-state index is -0.211. The van der Waals surface area contributed by atoms with E-state index < -0.39 is 0 Å². The highest BCUT2D eigenvalue weighted by atomic mass is 79.9. The Morgan fingerprint density at radius 3 is 2.63 bits per heavy atom. The summed E-state index contributed by atoms with van der Waals surface area (Å²) in [6, 6.07) is 5.16. The van der Waals surface area contributed by atoms with E-state index in [1.54, 1.807) is 32.4 Å². The van der Waals surface area contributed by atoms with Crippen LogP contribution in [0.2, 0.25) is 0 Å². The van der Waals surface area contributed by atoms with E-state index >= 15 is 0 Å². The number of methoxy groups -OCH3 is 1. The molecule has 0 atom stereocenters. The summed E-state index contributed by atoms with van der Waals surface area (Å²) in [5.74, 6) is 0.189. The van der Waals surface area contributed by atoms with Crippen LogP contribution in [-0.4, -0.2) is 44.0 Å². The van der Waals surface area contributed by atoms with E-state index in [2.05, 4.69) is 21.2 Å². The Labute approximate surface area is 121 Å².